The molecule has 1 aromatic heterocycles. The highest BCUT2D eigenvalue weighted by Crippen LogP contribution is 2.34. The third kappa shape index (κ3) is 1.76. The Morgan fingerprint density at radius 1 is 1.50 bits per heavy atom. The van der Waals surface area contributed by atoms with Crippen LogP contribution in [0.15, 0.2) is 18.2 Å². The zero-order valence-electron chi connectivity index (χ0n) is 9.24. The predicted molar refractivity (Wildman–Crippen MR) is 66.9 cm³/mol. The number of ether oxygens (including phenoxy) is 1. The average molecular weight is 235 g/mol. The summed E-state index contributed by atoms with van der Waals surface area (Å²) in [5, 5.41) is 0.938. The van der Waals surface area contributed by atoms with Gasteiger partial charge < -0.3 is 10.5 Å². The number of aryl methyl sites for hydroxylation is 1. The van der Waals surface area contributed by atoms with E-state index >= 15 is 0 Å². The van der Waals surface area contributed by atoms with E-state index in [-0.39, 0.29) is 5.97 Å². The SMILES string of the molecule is CCOC(=O)c1sc2ccc(C)cc2c1N. The zero-order chi connectivity index (χ0) is 11.7. The van der Waals surface area contributed by atoms with E-state index in [2.05, 4.69) is 0 Å². The highest BCUT2D eigenvalue weighted by molar-refractivity contribution is 7.21. The van der Waals surface area contributed by atoms with Gasteiger partial charge in [-0.1, -0.05) is 11.6 Å². The van der Waals surface area contributed by atoms with Gasteiger partial charge in [0.1, 0.15) is 4.88 Å². The summed E-state index contributed by atoms with van der Waals surface area (Å²) in [4.78, 5) is 12.1. The van der Waals surface area contributed by atoms with E-state index < -0.39 is 0 Å². The molecule has 0 saturated carbocycles. The molecule has 0 atom stereocenters. The predicted octanol–water partition coefficient (Wildman–Crippen LogP) is 2.97. The molecule has 2 rings (SSSR count). The first kappa shape index (κ1) is 11.0. The number of fused-ring (bicyclic) bond motifs is 1. The fourth-order valence-corrected chi connectivity index (χ4v) is 2.58. The van der Waals surface area contributed by atoms with Crippen LogP contribution >= 0.6 is 11.3 Å². The minimum atomic E-state index is -0.334. The summed E-state index contributed by atoms with van der Waals surface area (Å²) in [5.74, 6) is -0.334. The van der Waals surface area contributed by atoms with Gasteiger partial charge in [0.2, 0.25) is 0 Å². The van der Waals surface area contributed by atoms with Gasteiger partial charge in [-0.15, -0.1) is 11.3 Å². The molecule has 0 radical (unpaired) electrons. The number of esters is 1. The summed E-state index contributed by atoms with van der Waals surface area (Å²) >= 11 is 1.38. The molecule has 0 aliphatic heterocycles. The van der Waals surface area contributed by atoms with Gasteiger partial charge in [-0.2, -0.15) is 0 Å². The van der Waals surface area contributed by atoms with Crippen LogP contribution in [0.3, 0.4) is 0 Å². The molecule has 0 saturated heterocycles. The molecule has 2 N–H and O–H groups in total. The lowest BCUT2D eigenvalue weighted by molar-refractivity contribution is 0.0533. The lowest BCUT2D eigenvalue weighted by atomic mass is 10.1. The second kappa shape index (κ2) is 4.14. The molecule has 0 aliphatic carbocycles. The first-order chi connectivity index (χ1) is 7.63. The summed E-state index contributed by atoms with van der Waals surface area (Å²) in [7, 11) is 0. The van der Waals surface area contributed by atoms with Gasteiger partial charge in [-0.3, -0.25) is 0 Å². The zero-order valence-corrected chi connectivity index (χ0v) is 10.1. The van der Waals surface area contributed by atoms with Crippen molar-refractivity contribution in [1.82, 2.24) is 0 Å². The molecule has 0 aliphatic rings. The van der Waals surface area contributed by atoms with Crippen LogP contribution in [0.5, 0.6) is 0 Å². The first-order valence-electron chi connectivity index (χ1n) is 5.09. The van der Waals surface area contributed by atoms with Crippen molar-refractivity contribution in [3.63, 3.8) is 0 Å². The Morgan fingerprint density at radius 3 is 2.94 bits per heavy atom. The standard InChI is InChI=1S/C12H13NO2S/c1-3-15-12(14)11-10(13)8-6-7(2)4-5-9(8)16-11/h4-6H,3,13H2,1-2H3. The van der Waals surface area contributed by atoms with Crippen LogP contribution in [0.25, 0.3) is 10.1 Å². The molecule has 0 fully saturated rings. The fourth-order valence-electron chi connectivity index (χ4n) is 1.58. The summed E-state index contributed by atoms with van der Waals surface area (Å²) < 4.78 is 5.98. The Kier molecular flexibility index (Phi) is 2.83. The summed E-state index contributed by atoms with van der Waals surface area (Å²) in [5.41, 5.74) is 7.61. The number of thiophene rings is 1. The highest BCUT2D eigenvalue weighted by Gasteiger charge is 2.16. The number of rotatable bonds is 2. The van der Waals surface area contributed by atoms with Gasteiger partial charge in [0, 0.05) is 10.1 Å². The molecule has 2 aromatic rings. The van der Waals surface area contributed by atoms with Crippen LogP contribution in [-0.2, 0) is 4.74 Å². The topological polar surface area (TPSA) is 52.3 Å². The molecule has 4 heteroatoms. The number of benzene rings is 1. The number of hydrogen-bond donors (Lipinski definition) is 1. The number of hydrogen-bond acceptors (Lipinski definition) is 4. The highest BCUT2D eigenvalue weighted by atomic mass is 32.1. The first-order valence-corrected chi connectivity index (χ1v) is 5.91. The van der Waals surface area contributed by atoms with Crippen molar-refractivity contribution in [2.24, 2.45) is 0 Å². The Labute approximate surface area is 97.8 Å². The van der Waals surface area contributed by atoms with Crippen LogP contribution in [0.1, 0.15) is 22.2 Å². The number of nitrogen functional groups attached to an aromatic ring is 1. The molecular weight excluding hydrogens is 222 g/mol. The molecule has 0 amide bonds. The minimum Gasteiger partial charge on any atom is -0.462 e. The Hall–Kier alpha value is -1.55. The van der Waals surface area contributed by atoms with Crippen molar-refractivity contribution in [3.05, 3.63) is 28.6 Å². The normalized spacial score (nSPS) is 10.6. The number of carbonyl (C=O) groups is 1. The molecule has 0 bridgehead atoms. The van der Waals surface area contributed by atoms with Gasteiger partial charge in [-0.05, 0) is 26.0 Å². The van der Waals surface area contributed by atoms with Crippen LogP contribution in [0.2, 0.25) is 0 Å². The minimum absolute atomic E-state index is 0.334. The largest absolute Gasteiger partial charge is 0.462 e. The summed E-state index contributed by atoms with van der Waals surface area (Å²) in [6.07, 6.45) is 0. The number of nitrogens with two attached hydrogens (primary N) is 1. The van der Waals surface area contributed by atoms with Crippen molar-refractivity contribution >= 4 is 33.1 Å². The van der Waals surface area contributed by atoms with E-state index in [0.29, 0.717) is 17.2 Å². The smallest absolute Gasteiger partial charge is 0.350 e. The lowest BCUT2D eigenvalue weighted by Crippen LogP contribution is -2.04. The molecule has 0 unspecified atom stereocenters. The summed E-state index contributed by atoms with van der Waals surface area (Å²) in [6.45, 7) is 4.15. The maximum absolute atomic E-state index is 11.6. The van der Waals surface area contributed by atoms with E-state index in [4.69, 9.17) is 10.5 Å². The Morgan fingerprint density at radius 2 is 2.25 bits per heavy atom. The Bertz CT molecular complexity index is 545. The molecular formula is C12H13NO2S. The number of carbonyl (C=O) groups excluding carboxylic acids is 1. The average Bonchev–Trinajstić information content (AvgIpc) is 2.57. The van der Waals surface area contributed by atoms with E-state index in [9.17, 15) is 4.79 Å². The van der Waals surface area contributed by atoms with Crippen molar-refractivity contribution in [1.29, 1.82) is 0 Å². The van der Waals surface area contributed by atoms with E-state index in [1.807, 2.05) is 25.1 Å². The fraction of sp³-hybridized carbons (Fsp3) is 0.250. The number of anilines is 1. The molecule has 1 aromatic carbocycles. The van der Waals surface area contributed by atoms with Crippen LogP contribution in [-0.4, -0.2) is 12.6 Å². The Balaban J connectivity index is 2.56. The van der Waals surface area contributed by atoms with Gasteiger partial charge in [0.25, 0.3) is 0 Å². The molecule has 16 heavy (non-hydrogen) atoms. The van der Waals surface area contributed by atoms with Gasteiger partial charge in [0.05, 0.1) is 12.3 Å². The van der Waals surface area contributed by atoms with Crippen molar-refractivity contribution < 1.29 is 9.53 Å². The second-order valence-corrected chi connectivity index (χ2v) is 4.62. The van der Waals surface area contributed by atoms with Gasteiger partial charge in [0.15, 0.2) is 0 Å². The van der Waals surface area contributed by atoms with E-state index in [0.717, 1.165) is 15.6 Å². The molecule has 84 valence electrons. The lowest BCUT2D eigenvalue weighted by Gasteiger charge is -1.99. The third-order valence-electron chi connectivity index (χ3n) is 2.34. The van der Waals surface area contributed by atoms with Gasteiger partial charge in [-0.25, -0.2) is 4.79 Å². The molecule has 0 spiro atoms. The second-order valence-electron chi connectivity index (χ2n) is 3.56. The van der Waals surface area contributed by atoms with Crippen LogP contribution in [0, 0.1) is 6.92 Å². The maximum Gasteiger partial charge on any atom is 0.350 e. The summed E-state index contributed by atoms with van der Waals surface area (Å²) in [6, 6.07) is 5.98. The van der Waals surface area contributed by atoms with Crippen LogP contribution in [0.4, 0.5) is 5.69 Å². The van der Waals surface area contributed by atoms with E-state index in [1.165, 1.54) is 11.3 Å². The third-order valence-corrected chi connectivity index (χ3v) is 3.51. The van der Waals surface area contributed by atoms with Crippen LogP contribution < -0.4 is 5.73 Å². The monoisotopic (exact) mass is 235 g/mol. The van der Waals surface area contributed by atoms with Gasteiger partial charge >= 0.3 is 5.97 Å². The van der Waals surface area contributed by atoms with E-state index in [1.54, 1.807) is 6.92 Å². The quantitative estimate of drug-likeness (QED) is 0.814. The molecule has 1 heterocycles. The van der Waals surface area contributed by atoms with Crippen molar-refractivity contribution in [2.75, 3.05) is 12.3 Å². The molecule has 3 nitrogen and oxygen atoms in total. The van der Waals surface area contributed by atoms with Crippen molar-refractivity contribution in [2.45, 2.75) is 13.8 Å². The maximum atomic E-state index is 11.6. The van der Waals surface area contributed by atoms with Crippen molar-refractivity contribution in [3.8, 4) is 0 Å².